The molecular weight excluding hydrogens is 622 g/mol. The van der Waals surface area contributed by atoms with Gasteiger partial charge in [0.05, 0.1) is 12.2 Å². The van der Waals surface area contributed by atoms with E-state index in [0.717, 1.165) is 62.5 Å². The maximum absolute atomic E-state index is 12.7. The molecular formula is C30H53N5O10S. The Morgan fingerprint density at radius 1 is 0.848 bits per heavy atom. The molecule has 1 aliphatic rings. The molecule has 1 aromatic heterocycles. The fourth-order valence-electron chi connectivity index (χ4n) is 4.99. The monoisotopic (exact) mass is 675 g/mol. The van der Waals surface area contributed by atoms with Crippen LogP contribution in [0.2, 0.25) is 0 Å². The standard InChI is InChI=1S/C30H53N5O10S/c1-3-5-7-9-11-13-22(36)44-16-19(45-23(37)14-12-10-8-6-4-2)17-46-18-20(31)30(43)32-21-15-35(34-33-21)24-25(38)27(40)29(42)28(41)26(24)39/h15,19-20,24-29,38-42H,3-14,16-18,31H2,1-2H3,(H,32,43)/t19-,20-,24?,25+,26+,27-,28+,29?/m1/s1. The average Bonchev–Trinajstić information content (AvgIpc) is 3.48. The van der Waals surface area contributed by atoms with Gasteiger partial charge in [-0.25, -0.2) is 4.68 Å². The summed E-state index contributed by atoms with van der Waals surface area (Å²) in [6.45, 7) is 4.15. The lowest BCUT2D eigenvalue weighted by atomic mass is 9.83. The average molecular weight is 676 g/mol. The fraction of sp³-hybridized carbons (Fsp3) is 0.833. The Bertz CT molecular complexity index is 1030. The molecule has 1 heterocycles. The molecule has 0 bridgehead atoms. The number of nitrogens with one attached hydrogen (secondary N) is 1. The first-order valence-electron chi connectivity index (χ1n) is 16.3. The van der Waals surface area contributed by atoms with Crippen LogP contribution in [-0.2, 0) is 23.9 Å². The topological polar surface area (TPSA) is 240 Å². The van der Waals surface area contributed by atoms with Crippen LogP contribution >= 0.6 is 11.8 Å². The van der Waals surface area contributed by atoms with Crippen molar-refractivity contribution in [3.63, 3.8) is 0 Å². The van der Waals surface area contributed by atoms with E-state index in [1.54, 1.807) is 0 Å². The van der Waals surface area contributed by atoms with Crippen LogP contribution in [0.15, 0.2) is 6.20 Å². The molecule has 1 amide bonds. The number of carbonyl (C=O) groups is 3. The van der Waals surface area contributed by atoms with Crippen molar-refractivity contribution >= 4 is 35.4 Å². The second-order valence-corrected chi connectivity index (χ2v) is 12.9. The van der Waals surface area contributed by atoms with Gasteiger partial charge in [0.15, 0.2) is 5.82 Å². The van der Waals surface area contributed by atoms with Gasteiger partial charge in [-0.1, -0.05) is 70.4 Å². The summed E-state index contributed by atoms with van der Waals surface area (Å²) < 4.78 is 12.0. The lowest BCUT2D eigenvalue weighted by Crippen LogP contribution is -2.61. The number of nitrogens with two attached hydrogens (primary N) is 1. The first-order chi connectivity index (χ1) is 22.0. The third kappa shape index (κ3) is 13.4. The molecule has 15 nitrogen and oxygen atoms in total. The van der Waals surface area contributed by atoms with Gasteiger partial charge in [0.2, 0.25) is 5.91 Å². The third-order valence-electron chi connectivity index (χ3n) is 7.80. The summed E-state index contributed by atoms with van der Waals surface area (Å²) in [6, 6.07) is -2.36. The van der Waals surface area contributed by atoms with Crippen LogP contribution in [0.4, 0.5) is 5.82 Å². The van der Waals surface area contributed by atoms with Gasteiger partial charge in [-0.3, -0.25) is 14.4 Å². The Morgan fingerprint density at radius 3 is 1.98 bits per heavy atom. The van der Waals surface area contributed by atoms with Gasteiger partial charge in [-0.15, -0.1) is 5.10 Å². The number of thioether (sulfide) groups is 1. The summed E-state index contributed by atoms with van der Waals surface area (Å²) >= 11 is 1.25. The van der Waals surface area contributed by atoms with Crippen molar-refractivity contribution in [1.82, 2.24) is 15.0 Å². The first-order valence-corrected chi connectivity index (χ1v) is 17.5. The molecule has 8 N–H and O–H groups in total. The highest BCUT2D eigenvalue weighted by molar-refractivity contribution is 7.99. The normalized spacial score (nSPS) is 24.3. The highest BCUT2D eigenvalue weighted by atomic mass is 32.2. The van der Waals surface area contributed by atoms with Crippen molar-refractivity contribution < 1.29 is 49.4 Å². The van der Waals surface area contributed by atoms with Gasteiger partial charge in [0.25, 0.3) is 0 Å². The van der Waals surface area contributed by atoms with E-state index in [4.69, 9.17) is 15.2 Å². The van der Waals surface area contributed by atoms with Gasteiger partial charge >= 0.3 is 11.9 Å². The van der Waals surface area contributed by atoms with Gasteiger partial charge < -0.3 is 46.1 Å². The number of rotatable bonds is 22. The number of esters is 2. The van der Waals surface area contributed by atoms with Crippen LogP contribution in [0.3, 0.4) is 0 Å². The number of hydrogen-bond acceptors (Lipinski definition) is 14. The SMILES string of the molecule is CCCCCCCC(=O)OC[C@H](CSC[C@@H](N)C(=O)Nc1cn(C2[C@H](O)[C@H](O)C(O)[C@H](O)[C@H]2O)nn1)OC(=O)CCCCCCC. The molecule has 8 atom stereocenters. The summed E-state index contributed by atoms with van der Waals surface area (Å²) in [7, 11) is 0. The van der Waals surface area contributed by atoms with Crippen LogP contribution in [0.25, 0.3) is 0 Å². The van der Waals surface area contributed by atoms with Crippen molar-refractivity contribution in [3.8, 4) is 0 Å². The zero-order valence-corrected chi connectivity index (χ0v) is 27.7. The summed E-state index contributed by atoms with van der Waals surface area (Å²) in [4.78, 5) is 37.4. The van der Waals surface area contributed by atoms with E-state index in [0.29, 0.717) is 12.8 Å². The van der Waals surface area contributed by atoms with E-state index >= 15 is 0 Å². The number of anilines is 1. The molecule has 264 valence electrons. The number of amides is 1. The van der Waals surface area contributed by atoms with Crippen LogP contribution < -0.4 is 11.1 Å². The van der Waals surface area contributed by atoms with Gasteiger partial charge in [-0.2, -0.15) is 11.8 Å². The molecule has 0 spiro atoms. The Labute approximate surface area is 274 Å². The molecule has 0 aliphatic heterocycles. The number of unbranched alkanes of at least 4 members (excludes halogenated alkanes) is 8. The minimum atomic E-state index is -1.76. The first kappa shape index (κ1) is 39.8. The minimum absolute atomic E-state index is 0.0627. The van der Waals surface area contributed by atoms with E-state index < -0.39 is 54.6 Å². The number of carbonyl (C=O) groups excluding carboxylic acids is 3. The molecule has 1 aliphatic carbocycles. The molecule has 1 saturated carbocycles. The summed E-state index contributed by atoms with van der Waals surface area (Å²) in [5, 5.41) is 60.3. The van der Waals surface area contributed by atoms with Crippen molar-refractivity contribution in [2.24, 2.45) is 5.73 Å². The zero-order valence-electron chi connectivity index (χ0n) is 26.9. The highest BCUT2D eigenvalue weighted by Gasteiger charge is 2.49. The van der Waals surface area contributed by atoms with Crippen molar-refractivity contribution in [3.05, 3.63) is 6.20 Å². The predicted molar refractivity (Wildman–Crippen MR) is 171 cm³/mol. The molecule has 0 radical (unpaired) electrons. The van der Waals surface area contributed by atoms with Crippen molar-refractivity contribution in [2.75, 3.05) is 23.4 Å². The van der Waals surface area contributed by atoms with E-state index in [9.17, 15) is 39.9 Å². The lowest BCUT2D eigenvalue weighted by Gasteiger charge is -2.41. The lowest BCUT2D eigenvalue weighted by molar-refractivity contribution is -0.200. The summed E-state index contributed by atoms with van der Waals surface area (Å²) in [5.41, 5.74) is 6.06. The van der Waals surface area contributed by atoms with Crippen LogP contribution in [0.5, 0.6) is 0 Å². The molecule has 2 rings (SSSR count). The zero-order chi connectivity index (χ0) is 34.1. The second kappa shape index (κ2) is 21.5. The van der Waals surface area contributed by atoms with Gasteiger partial charge in [0, 0.05) is 24.3 Å². The van der Waals surface area contributed by atoms with Crippen molar-refractivity contribution in [2.45, 2.75) is 140 Å². The predicted octanol–water partition coefficient (Wildman–Crippen LogP) is 0.812. The van der Waals surface area contributed by atoms with Crippen molar-refractivity contribution in [1.29, 1.82) is 0 Å². The van der Waals surface area contributed by atoms with Gasteiger partial charge in [0.1, 0.15) is 49.3 Å². The molecule has 2 unspecified atom stereocenters. The number of aliphatic hydroxyl groups excluding tert-OH is 5. The smallest absolute Gasteiger partial charge is 0.306 e. The number of aromatic nitrogens is 3. The molecule has 0 saturated heterocycles. The number of ether oxygens (including phenoxy) is 2. The van der Waals surface area contributed by atoms with Crippen LogP contribution in [0.1, 0.15) is 96.9 Å². The fourth-order valence-corrected chi connectivity index (χ4v) is 5.96. The molecule has 16 heteroatoms. The van der Waals surface area contributed by atoms with E-state index in [-0.39, 0.29) is 42.3 Å². The third-order valence-corrected chi connectivity index (χ3v) is 9.00. The largest absolute Gasteiger partial charge is 0.462 e. The number of hydrogen-bond donors (Lipinski definition) is 7. The quantitative estimate of drug-likeness (QED) is 0.0665. The number of aliphatic hydroxyl groups is 5. The Balaban J connectivity index is 1.86. The Kier molecular flexibility index (Phi) is 18.6. The van der Waals surface area contributed by atoms with E-state index in [1.807, 2.05) is 0 Å². The highest BCUT2D eigenvalue weighted by Crippen LogP contribution is 2.30. The number of nitrogens with zero attached hydrogens (tertiary/aromatic N) is 3. The molecule has 0 aromatic carbocycles. The summed E-state index contributed by atoms with van der Waals surface area (Å²) in [6.07, 6.45) is 2.35. The molecule has 1 fully saturated rings. The molecule has 46 heavy (non-hydrogen) atoms. The van der Waals surface area contributed by atoms with Crippen LogP contribution in [0, 0.1) is 0 Å². The van der Waals surface area contributed by atoms with E-state index in [1.165, 1.54) is 18.0 Å². The molecule has 1 aromatic rings. The van der Waals surface area contributed by atoms with E-state index in [2.05, 4.69) is 29.5 Å². The van der Waals surface area contributed by atoms with Gasteiger partial charge in [-0.05, 0) is 12.8 Å². The maximum atomic E-state index is 12.7. The maximum Gasteiger partial charge on any atom is 0.306 e. The Hall–Kier alpha value is -2.34. The Morgan fingerprint density at radius 2 is 1.39 bits per heavy atom. The summed E-state index contributed by atoms with van der Waals surface area (Å²) in [5.74, 6) is -1.02. The van der Waals surface area contributed by atoms with Crippen LogP contribution in [-0.4, -0.2) is 119 Å². The minimum Gasteiger partial charge on any atom is -0.462 e. The second-order valence-electron chi connectivity index (χ2n) is 11.8.